The van der Waals surface area contributed by atoms with Crippen LogP contribution in [0.5, 0.6) is 0 Å². The number of aryl methyl sites for hydroxylation is 2. The lowest BCUT2D eigenvalue weighted by Gasteiger charge is -2.06. The summed E-state index contributed by atoms with van der Waals surface area (Å²) in [6.45, 7) is 4.02. The lowest BCUT2D eigenvalue weighted by molar-refractivity contribution is -0.115. The van der Waals surface area contributed by atoms with E-state index in [0.29, 0.717) is 17.5 Å². The van der Waals surface area contributed by atoms with Crippen molar-refractivity contribution in [2.45, 2.75) is 20.3 Å². The fraction of sp³-hybridized carbons (Fsp3) is 0.176. The average Bonchev–Trinajstić information content (AvgIpc) is 2.80. The zero-order valence-corrected chi connectivity index (χ0v) is 11.5. The Kier molecular flexibility index (Phi) is 2.90. The first-order valence-electron chi connectivity index (χ1n) is 6.59. The zero-order chi connectivity index (χ0) is 14.3. The van der Waals surface area contributed by atoms with Crippen molar-refractivity contribution in [3.8, 4) is 0 Å². The van der Waals surface area contributed by atoms with Crippen molar-refractivity contribution in [1.82, 2.24) is 0 Å². The molecule has 0 saturated carbocycles. The van der Waals surface area contributed by atoms with Crippen LogP contribution in [0.1, 0.15) is 32.6 Å². The van der Waals surface area contributed by atoms with Gasteiger partial charge in [0.25, 0.3) is 0 Å². The number of benzene rings is 2. The summed E-state index contributed by atoms with van der Waals surface area (Å²) in [7, 11) is 0. The Morgan fingerprint density at radius 3 is 2.45 bits per heavy atom. The van der Waals surface area contributed by atoms with Crippen LogP contribution < -0.4 is 5.32 Å². The van der Waals surface area contributed by atoms with Crippen LogP contribution in [0.25, 0.3) is 0 Å². The third kappa shape index (κ3) is 2.11. The highest BCUT2D eigenvalue weighted by molar-refractivity contribution is 6.10. The first-order chi connectivity index (χ1) is 9.54. The number of hydrogen-bond donors (Lipinski definition) is 1. The van der Waals surface area contributed by atoms with Crippen molar-refractivity contribution in [3.05, 3.63) is 64.2 Å². The summed E-state index contributed by atoms with van der Waals surface area (Å²) in [5.41, 5.74) is 5.30. The number of amides is 1. The molecule has 0 aromatic heterocycles. The first-order valence-corrected chi connectivity index (χ1v) is 6.59. The van der Waals surface area contributed by atoms with E-state index in [-0.39, 0.29) is 11.7 Å². The van der Waals surface area contributed by atoms with Crippen LogP contribution in [-0.2, 0) is 11.2 Å². The summed E-state index contributed by atoms with van der Waals surface area (Å²) in [5.74, 6) is -0.0222. The highest BCUT2D eigenvalue weighted by Gasteiger charge is 2.19. The summed E-state index contributed by atoms with van der Waals surface area (Å²) in [6.07, 6.45) is 0.351. The molecule has 0 atom stereocenters. The van der Waals surface area contributed by atoms with Gasteiger partial charge >= 0.3 is 0 Å². The normalized spacial score (nSPS) is 13.0. The smallest absolute Gasteiger partial charge is 0.228 e. The second kappa shape index (κ2) is 4.60. The Morgan fingerprint density at radius 1 is 1.00 bits per heavy atom. The van der Waals surface area contributed by atoms with Gasteiger partial charge in [-0.2, -0.15) is 0 Å². The lowest BCUT2D eigenvalue weighted by atomic mass is 9.97. The molecular formula is C17H15NO2. The molecule has 1 aliphatic rings. The van der Waals surface area contributed by atoms with E-state index < -0.39 is 0 Å². The van der Waals surface area contributed by atoms with Crippen molar-refractivity contribution in [3.63, 3.8) is 0 Å². The molecule has 100 valence electrons. The number of ketones is 1. The van der Waals surface area contributed by atoms with Crippen LogP contribution in [0.15, 0.2) is 36.4 Å². The fourth-order valence-corrected chi connectivity index (χ4v) is 2.42. The Bertz CT molecular complexity index is 732. The molecule has 1 N–H and O–H groups in total. The third-order valence-corrected chi connectivity index (χ3v) is 3.76. The van der Waals surface area contributed by atoms with E-state index in [4.69, 9.17) is 0 Å². The summed E-state index contributed by atoms with van der Waals surface area (Å²) < 4.78 is 0. The molecule has 1 aliphatic heterocycles. The molecule has 2 aromatic rings. The van der Waals surface area contributed by atoms with E-state index in [1.807, 2.05) is 38.1 Å². The monoisotopic (exact) mass is 265 g/mol. The van der Waals surface area contributed by atoms with Crippen LogP contribution in [0.3, 0.4) is 0 Å². The highest BCUT2D eigenvalue weighted by atomic mass is 16.1. The van der Waals surface area contributed by atoms with E-state index in [1.165, 1.54) is 5.56 Å². The first kappa shape index (κ1) is 12.6. The quantitative estimate of drug-likeness (QED) is 0.848. The predicted molar refractivity (Wildman–Crippen MR) is 78.1 cm³/mol. The average molecular weight is 265 g/mol. The minimum Gasteiger partial charge on any atom is -0.326 e. The largest absolute Gasteiger partial charge is 0.326 e. The predicted octanol–water partition coefficient (Wildman–Crippen LogP) is 3.03. The molecule has 0 spiro atoms. The van der Waals surface area contributed by atoms with Gasteiger partial charge in [-0.1, -0.05) is 12.1 Å². The minimum atomic E-state index is -0.0178. The van der Waals surface area contributed by atoms with Gasteiger partial charge in [-0.15, -0.1) is 0 Å². The van der Waals surface area contributed by atoms with Crippen molar-refractivity contribution >= 4 is 17.4 Å². The molecule has 3 heteroatoms. The van der Waals surface area contributed by atoms with Gasteiger partial charge in [-0.05, 0) is 54.8 Å². The van der Waals surface area contributed by atoms with Crippen molar-refractivity contribution in [2.75, 3.05) is 5.32 Å². The maximum Gasteiger partial charge on any atom is 0.228 e. The fourth-order valence-electron chi connectivity index (χ4n) is 2.42. The number of fused-ring (bicyclic) bond motifs is 1. The second-order valence-corrected chi connectivity index (χ2v) is 5.23. The maximum atomic E-state index is 12.5. The summed E-state index contributed by atoms with van der Waals surface area (Å²) in [5, 5.41) is 2.77. The number of anilines is 1. The molecule has 0 fully saturated rings. The van der Waals surface area contributed by atoms with Gasteiger partial charge < -0.3 is 5.32 Å². The van der Waals surface area contributed by atoms with Gasteiger partial charge in [0.1, 0.15) is 0 Å². The third-order valence-electron chi connectivity index (χ3n) is 3.76. The van der Waals surface area contributed by atoms with Crippen LogP contribution in [0, 0.1) is 13.8 Å². The molecule has 0 radical (unpaired) electrons. The second-order valence-electron chi connectivity index (χ2n) is 5.23. The van der Waals surface area contributed by atoms with Crippen molar-refractivity contribution in [1.29, 1.82) is 0 Å². The summed E-state index contributed by atoms with van der Waals surface area (Å²) in [4.78, 5) is 23.8. The lowest BCUT2D eigenvalue weighted by Crippen LogP contribution is -2.03. The van der Waals surface area contributed by atoms with Gasteiger partial charge in [0, 0.05) is 16.8 Å². The molecule has 1 amide bonds. The van der Waals surface area contributed by atoms with Gasteiger partial charge in [-0.3, -0.25) is 9.59 Å². The summed E-state index contributed by atoms with van der Waals surface area (Å²) in [6, 6.07) is 11.1. The Morgan fingerprint density at radius 2 is 1.70 bits per heavy atom. The maximum absolute atomic E-state index is 12.5. The van der Waals surface area contributed by atoms with Crippen molar-refractivity contribution < 1.29 is 9.59 Å². The molecule has 0 aliphatic carbocycles. The van der Waals surface area contributed by atoms with Crippen LogP contribution in [0.2, 0.25) is 0 Å². The Labute approximate surface area is 117 Å². The number of hydrogen-bond acceptors (Lipinski definition) is 2. The molecule has 2 aromatic carbocycles. The molecule has 0 unspecified atom stereocenters. The van der Waals surface area contributed by atoms with Crippen LogP contribution in [0.4, 0.5) is 5.69 Å². The summed E-state index contributed by atoms with van der Waals surface area (Å²) >= 11 is 0. The van der Waals surface area contributed by atoms with Gasteiger partial charge in [0.2, 0.25) is 5.91 Å². The molecule has 20 heavy (non-hydrogen) atoms. The van der Waals surface area contributed by atoms with E-state index in [1.54, 1.807) is 12.1 Å². The number of rotatable bonds is 2. The molecule has 3 rings (SSSR count). The van der Waals surface area contributed by atoms with Gasteiger partial charge in [0.15, 0.2) is 5.78 Å². The number of carbonyl (C=O) groups excluding carboxylic acids is 2. The minimum absolute atomic E-state index is 0.00440. The van der Waals surface area contributed by atoms with Crippen LogP contribution >= 0.6 is 0 Å². The van der Waals surface area contributed by atoms with E-state index >= 15 is 0 Å². The van der Waals surface area contributed by atoms with E-state index in [9.17, 15) is 9.59 Å². The topological polar surface area (TPSA) is 46.2 Å². The molecule has 3 nitrogen and oxygen atoms in total. The van der Waals surface area contributed by atoms with E-state index in [0.717, 1.165) is 16.8 Å². The molecular weight excluding hydrogens is 250 g/mol. The molecule has 0 bridgehead atoms. The van der Waals surface area contributed by atoms with Crippen LogP contribution in [-0.4, -0.2) is 11.7 Å². The van der Waals surface area contributed by atoms with Gasteiger partial charge in [-0.25, -0.2) is 0 Å². The molecule has 1 heterocycles. The van der Waals surface area contributed by atoms with Crippen molar-refractivity contribution in [2.24, 2.45) is 0 Å². The van der Waals surface area contributed by atoms with Gasteiger partial charge in [0.05, 0.1) is 6.42 Å². The molecule has 0 saturated heterocycles. The highest BCUT2D eigenvalue weighted by Crippen LogP contribution is 2.25. The number of carbonyl (C=O) groups is 2. The standard InChI is InChI=1S/C17H15NO2/c1-10-3-4-12(7-11(10)2)17(20)13-5-6-15-14(8-13)9-16(19)18-15/h3-8H,9H2,1-2H3,(H,18,19). The Hall–Kier alpha value is -2.42. The Balaban J connectivity index is 1.97. The number of nitrogens with one attached hydrogen (secondary N) is 1. The zero-order valence-electron chi connectivity index (χ0n) is 11.5. The SMILES string of the molecule is Cc1ccc(C(=O)c2ccc3c(c2)CC(=O)N3)cc1C. The van der Waals surface area contributed by atoms with E-state index in [2.05, 4.69) is 5.32 Å².